The molecule has 0 bridgehead atoms. The highest BCUT2D eigenvalue weighted by Gasteiger charge is 2.21. The minimum Gasteiger partial charge on any atom is -0.300 e. The molecule has 2 aliphatic rings. The van der Waals surface area contributed by atoms with Gasteiger partial charge in [0, 0.05) is 12.8 Å². The number of allylic oxidation sites excluding steroid dienone is 2. The Kier molecular flexibility index (Phi) is 8.26. The van der Waals surface area contributed by atoms with Gasteiger partial charge in [-0.05, 0) is 50.4 Å². The number of carbonyl (C=O) groups is 1. The second-order valence-corrected chi connectivity index (χ2v) is 7.80. The number of hydrogen-bond acceptors (Lipinski definition) is 1. The molecule has 1 nitrogen and oxygen atoms in total. The third kappa shape index (κ3) is 6.67. The highest BCUT2D eigenvalue weighted by Crippen LogP contribution is 2.35. The lowest BCUT2D eigenvalue weighted by Gasteiger charge is -2.28. The third-order valence-electron chi connectivity index (χ3n) is 6.08. The predicted octanol–water partition coefficient (Wildman–Crippen LogP) is 6.47. The summed E-state index contributed by atoms with van der Waals surface area (Å²) in [5, 5.41) is 0. The first-order valence-corrected chi connectivity index (χ1v) is 9.90. The van der Waals surface area contributed by atoms with Crippen LogP contribution in [0.3, 0.4) is 0 Å². The Morgan fingerprint density at radius 3 is 1.86 bits per heavy atom. The molecule has 0 aromatic carbocycles. The van der Waals surface area contributed by atoms with Gasteiger partial charge in [-0.15, -0.1) is 0 Å². The van der Waals surface area contributed by atoms with Gasteiger partial charge in [0.25, 0.3) is 0 Å². The largest absolute Gasteiger partial charge is 0.300 e. The second kappa shape index (κ2) is 10.2. The molecule has 0 aromatic rings. The summed E-state index contributed by atoms with van der Waals surface area (Å²) >= 11 is 0. The number of hydrogen-bond donors (Lipinski definition) is 0. The first-order chi connectivity index (χ1) is 10.8. The molecular formula is C21H36O. The maximum atomic E-state index is 11.3. The van der Waals surface area contributed by atoms with Gasteiger partial charge in [0.2, 0.25) is 0 Å². The first kappa shape index (κ1) is 17.8. The number of ketones is 1. The normalized spacial score (nSPS) is 27.6. The SMILES string of the molecule is CC=CCCC1CCC(CCCCC2CCC(=O)CC2)CC1. The van der Waals surface area contributed by atoms with Crippen molar-refractivity contribution in [1.82, 2.24) is 0 Å². The van der Waals surface area contributed by atoms with Crippen LogP contribution >= 0.6 is 0 Å². The lowest BCUT2D eigenvalue weighted by Crippen LogP contribution is -2.15. The minimum absolute atomic E-state index is 0.502. The van der Waals surface area contributed by atoms with E-state index in [0.717, 1.165) is 30.6 Å². The van der Waals surface area contributed by atoms with E-state index in [9.17, 15) is 4.79 Å². The Morgan fingerprint density at radius 1 is 0.818 bits per heavy atom. The van der Waals surface area contributed by atoms with E-state index in [-0.39, 0.29) is 0 Å². The van der Waals surface area contributed by atoms with Crippen molar-refractivity contribution in [2.45, 2.75) is 96.8 Å². The fraction of sp³-hybridized carbons (Fsp3) is 0.857. The molecule has 0 aliphatic heterocycles. The average Bonchev–Trinajstić information content (AvgIpc) is 2.55. The van der Waals surface area contributed by atoms with Crippen LogP contribution in [0.4, 0.5) is 0 Å². The molecule has 2 saturated carbocycles. The standard InChI is InChI=1S/C21H36O/c1-2-3-4-7-18-10-12-19(13-11-18)8-5-6-9-20-14-16-21(22)17-15-20/h2-3,18-20H,4-17H2,1H3. The van der Waals surface area contributed by atoms with E-state index in [1.165, 1.54) is 77.0 Å². The lowest BCUT2D eigenvalue weighted by atomic mass is 9.77. The summed E-state index contributed by atoms with van der Waals surface area (Å²) in [5.41, 5.74) is 0. The van der Waals surface area contributed by atoms with E-state index >= 15 is 0 Å². The van der Waals surface area contributed by atoms with Crippen molar-refractivity contribution in [3.05, 3.63) is 12.2 Å². The fourth-order valence-electron chi connectivity index (χ4n) is 4.46. The highest BCUT2D eigenvalue weighted by atomic mass is 16.1. The third-order valence-corrected chi connectivity index (χ3v) is 6.08. The zero-order valence-electron chi connectivity index (χ0n) is 14.7. The van der Waals surface area contributed by atoms with Crippen molar-refractivity contribution in [2.24, 2.45) is 17.8 Å². The van der Waals surface area contributed by atoms with Gasteiger partial charge in [-0.3, -0.25) is 4.79 Å². The lowest BCUT2D eigenvalue weighted by molar-refractivity contribution is -0.121. The van der Waals surface area contributed by atoms with Gasteiger partial charge in [0.1, 0.15) is 5.78 Å². The van der Waals surface area contributed by atoms with Crippen molar-refractivity contribution >= 4 is 5.78 Å². The molecule has 0 atom stereocenters. The van der Waals surface area contributed by atoms with Gasteiger partial charge in [-0.25, -0.2) is 0 Å². The summed E-state index contributed by atoms with van der Waals surface area (Å²) in [6, 6.07) is 0. The molecule has 126 valence electrons. The molecule has 0 N–H and O–H groups in total. The van der Waals surface area contributed by atoms with E-state index in [4.69, 9.17) is 0 Å². The summed E-state index contributed by atoms with van der Waals surface area (Å²) in [6.45, 7) is 2.13. The molecule has 22 heavy (non-hydrogen) atoms. The quantitative estimate of drug-likeness (QED) is 0.371. The molecule has 0 spiro atoms. The fourth-order valence-corrected chi connectivity index (χ4v) is 4.46. The smallest absolute Gasteiger partial charge is 0.132 e. The van der Waals surface area contributed by atoms with E-state index in [2.05, 4.69) is 19.1 Å². The van der Waals surface area contributed by atoms with Crippen LogP contribution in [0.15, 0.2) is 12.2 Å². The van der Waals surface area contributed by atoms with Gasteiger partial charge >= 0.3 is 0 Å². The summed E-state index contributed by atoms with van der Waals surface area (Å²) in [7, 11) is 0. The summed E-state index contributed by atoms with van der Waals surface area (Å²) in [5.74, 6) is 3.39. The van der Waals surface area contributed by atoms with Gasteiger partial charge < -0.3 is 0 Å². The Bertz CT molecular complexity index is 326. The zero-order valence-corrected chi connectivity index (χ0v) is 14.7. The van der Waals surface area contributed by atoms with Crippen LogP contribution in [0, 0.1) is 17.8 Å². The molecule has 0 aromatic heterocycles. The molecule has 2 aliphatic carbocycles. The Hall–Kier alpha value is -0.590. The average molecular weight is 305 g/mol. The topological polar surface area (TPSA) is 17.1 Å². The van der Waals surface area contributed by atoms with Crippen LogP contribution in [0.5, 0.6) is 0 Å². The van der Waals surface area contributed by atoms with Crippen LogP contribution in [-0.4, -0.2) is 5.78 Å². The van der Waals surface area contributed by atoms with Crippen LogP contribution in [0.2, 0.25) is 0 Å². The van der Waals surface area contributed by atoms with Crippen LogP contribution in [-0.2, 0) is 4.79 Å². The molecule has 2 rings (SSSR count). The van der Waals surface area contributed by atoms with Crippen molar-refractivity contribution in [1.29, 1.82) is 0 Å². The van der Waals surface area contributed by atoms with Crippen molar-refractivity contribution in [3.8, 4) is 0 Å². The molecular weight excluding hydrogens is 268 g/mol. The predicted molar refractivity (Wildman–Crippen MR) is 94.9 cm³/mol. The van der Waals surface area contributed by atoms with Gasteiger partial charge in [0.15, 0.2) is 0 Å². The molecule has 2 fully saturated rings. The molecule has 0 saturated heterocycles. The Balaban J connectivity index is 1.47. The number of unbranched alkanes of at least 4 members (excludes halogenated alkanes) is 1. The number of carbonyl (C=O) groups excluding carboxylic acids is 1. The minimum atomic E-state index is 0.502. The van der Waals surface area contributed by atoms with Crippen molar-refractivity contribution in [2.75, 3.05) is 0 Å². The number of rotatable bonds is 8. The Morgan fingerprint density at radius 2 is 1.32 bits per heavy atom. The van der Waals surface area contributed by atoms with Gasteiger partial charge in [0.05, 0.1) is 0 Å². The van der Waals surface area contributed by atoms with Crippen molar-refractivity contribution in [3.63, 3.8) is 0 Å². The maximum Gasteiger partial charge on any atom is 0.132 e. The molecule has 0 radical (unpaired) electrons. The number of Topliss-reactive ketones (excluding diaryl/α,β-unsaturated/α-hetero) is 1. The summed E-state index contributed by atoms with van der Waals surface area (Å²) in [6.07, 6.45) is 22.9. The molecule has 0 heterocycles. The van der Waals surface area contributed by atoms with E-state index in [0.29, 0.717) is 5.78 Å². The van der Waals surface area contributed by atoms with Gasteiger partial charge in [-0.1, -0.05) is 63.5 Å². The zero-order chi connectivity index (χ0) is 15.6. The first-order valence-electron chi connectivity index (χ1n) is 9.90. The van der Waals surface area contributed by atoms with Crippen LogP contribution in [0.1, 0.15) is 96.8 Å². The maximum absolute atomic E-state index is 11.3. The van der Waals surface area contributed by atoms with Crippen molar-refractivity contribution < 1.29 is 4.79 Å². The monoisotopic (exact) mass is 304 g/mol. The molecule has 1 heteroatoms. The van der Waals surface area contributed by atoms with E-state index in [1.54, 1.807) is 0 Å². The second-order valence-electron chi connectivity index (χ2n) is 7.80. The van der Waals surface area contributed by atoms with E-state index < -0.39 is 0 Å². The van der Waals surface area contributed by atoms with E-state index in [1.807, 2.05) is 0 Å². The van der Waals surface area contributed by atoms with Gasteiger partial charge in [-0.2, -0.15) is 0 Å². The highest BCUT2D eigenvalue weighted by molar-refractivity contribution is 5.78. The summed E-state index contributed by atoms with van der Waals surface area (Å²) < 4.78 is 0. The molecule has 0 unspecified atom stereocenters. The Labute approximate surface area is 137 Å². The van der Waals surface area contributed by atoms with Crippen LogP contribution in [0.25, 0.3) is 0 Å². The molecule has 0 amide bonds. The summed E-state index contributed by atoms with van der Waals surface area (Å²) in [4.78, 5) is 11.3. The van der Waals surface area contributed by atoms with Crippen LogP contribution < -0.4 is 0 Å².